The van der Waals surface area contributed by atoms with Crippen molar-refractivity contribution in [2.24, 2.45) is 10.8 Å². The summed E-state index contributed by atoms with van der Waals surface area (Å²) in [5, 5.41) is 0. The zero-order valence-electron chi connectivity index (χ0n) is 15.7. The number of hydrogen-bond donors (Lipinski definition) is 0. The molecule has 0 fully saturated rings. The normalized spacial score (nSPS) is 15.5. The molecule has 0 spiro atoms. The minimum absolute atomic E-state index is 0.0688. The molecule has 2 atom stereocenters. The van der Waals surface area contributed by atoms with Gasteiger partial charge in [-0.15, -0.1) is 0 Å². The Bertz CT molecular complexity index is 434. The number of ether oxygens (including phenoxy) is 2. The average molecular weight is 306 g/mol. The van der Waals surface area contributed by atoms with Crippen LogP contribution >= 0.6 is 0 Å². The lowest BCUT2D eigenvalue weighted by Crippen LogP contribution is -2.37. The Balaban J connectivity index is 2.77. The smallest absolute Gasteiger partial charge is 0.204 e. The monoisotopic (exact) mass is 306 g/mol. The maximum absolute atomic E-state index is 6.12. The van der Waals surface area contributed by atoms with Crippen LogP contribution in [0.3, 0.4) is 0 Å². The lowest BCUT2D eigenvalue weighted by Gasteiger charge is -2.33. The minimum atomic E-state index is -0.249. The fraction of sp³-hybridized carbons (Fsp3) is 0.700. The first-order valence-corrected chi connectivity index (χ1v) is 8.41. The van der Waals surface area contributed by atoms with Gasteiger partial charge in [-0.1, -0.05) is 67.5 Å². The minimum Gasteiger partial charge on any atom is -0.464 e. The largest absolute Gasteiger partial charge is 0.464 e. The summed E-state index contributed by atoms with van der Waals surface area (Å²) in [5.41, 5.74) is 1.42. The molecule has 0 heterocycles. The summed E-state index contributed by atoms with van der Waals surface area (Å²) in [6.07, 6.45) is 0.903. The van der Waals surface area contributed by atoms with Crippen LogP contribution in [0.5, 0.6) is 5.75 Å². The molecule has 1 aromatic carbocycles. The second-order valence-electron chi connectivity index (χ2n) is 8.57. The van der Waals surface area contributed by atoms with Gasteiger partial charge in [-0.3, -0.25) is 0 Å². The molecule has 0 saturated heterocycles. The van der Waals surface area contributed by atoms with Crippen LogP contribution in [-0.4, -0.2) is 12.9 Å². The Labute approximate surface area is 137 Å². The van der Waals surface area contributed by atoms with Crippen LogP contribution < -0.4 is 4.74 Å². The molecule has 22 heavy (non-hydrogen) atoms. The summed E-state index contributed by atoms with van der Waals surface area (Å²) in [5.74, 6) is 1.46. The highest BCUT2D eigenvalue weighted by atomic mass is 16.7. The lowest BCUT2D eigenvalue weighted by molar-refractivity contribution is -0.156. The third kappa shape index (κ3) is 6.39. The average Bonchev–Trinajstić information content (AvgIpc) is 2.41. The first-order chi connectivity index (χ1) is 10.0. The predicted molar refractivity (Wildman–Crippen MR) is 94.4 cm³/mol. The summed E-state index contributed by atoms with van der Waals surface area (Å²) in [6, 6.07) is 8.43. The molecule has 0 aromatic heterocycles. The molecule has 2 unspecified atom stereocenters. The Hall–Kier alpha value is -1.02. The van der Waals surface area contributed by atoms with Gasteiger partial charge in [0, 0.05) is 5.41 Å². The molecule has 2 heteroatoms. The third-order valence-corrected chi connectivity index (χ3v) is 3.68. The van der Waals surface area contributed by atoms with E-state index in [1.807, 2.05) is 0 Å². The summed E-state index contributed by atoms with van der Waals surface area (Å²) in [7, 11) is 0. The lowest BCUT2D eigenvalue weighted by atomic mass is 9.94. The molecule has 1 rings (SSSR count). The molecule has 2 nitrogen and oxygen atoms in total. The van der Waals surface area contributed by atoms with Crippen molar-refractivity contribution in [2.45, 2.75) is 74.0 Å². The first-order valence-electron chi connectivity index (χ1n) is 8.41. The van der Waals surface area contributed by atoms with Crippen LogP contribution in [0.1, 0.15) is 73.3 Å². The van der Waals surface area contributed by atoms with Crippen LogP contribution in [0.15, 0.2) is 24.3 Å². The van der Waals surface area contributed by atoms with Gasteiger partial charge >= 0.3 is 0 Å². The van der Waals surface area contributed by atoms with Crippen LogP contribution in [-0.2, 0) is 4.74 Å². The van der Waals surface area contributed by atoms with Gasteiger partial charge in [-0.25, -0.2) is 0 Å². The highest BCUT2D eigenvalue weighted by molar-refractivity contribution is 5.29. The number of hydrogen-bond acceptors (Lipinski definition) is 2. The molecule has 0 aliphatic carbocycles. The molecule has 1 aromatic rings. The van der Waals surface area contributed by atoms with Crippen LogP contribution in [0.2, 0.25) is 0 Å². The number of benzene rings is 1. The molecule has 0 bridgehead atoms. The Morgan fingerprint density at radius 1 is 0.955 bits per heavy atom. The van der Waals surface area contributed by atoms with E-state index >= 15 is 0 Å². The highest BCUT2D eigenvalue weighted by Crippen LogP contribution is 2.29. The summed E-state index contributed by atoms with van der Waals surface area (Å²) in [6.45, 7) is 18.1. The van der Waals surface area contributed by atoms with Crippen molar-refractivity contribution in [3.8, 4) is 5.75 Å². The van der Waals surface area contributed by atoms with E-state index in [0.29, 0.717) is 12.5 Å². The SMILES string of the molecule is CCC(C)c1ccc(OC(OCC(C)(C)C)C(C)(C)C)cc1. The molecule has 0 aliphatic heterocycles. The van der Waals surface area contributed by atoms with E-state index < -0.39 is 0 Å². The van der Waals surface area contributed by atoms with Crippen LogP contribution in [0.4, 0.5) is 0 Å². The number of rotatable bonds is 6. The van der Waals surface area contributed by atoms with E-state index in [1.165, 1.54) is 5.56 Å². The van der Waals surface area contributed by atoms with Gasteiger partial charge in [-0.2, -0.15) is 0 Å². The standard InChI is InChI=1S/C20H34O2/c1-9-15(2)16-10-12-17(13-11-16)22-18(20(6,7)8)21-14-19(3,4)5/h10-13,15,18H,9,14H2,1-8H3. The van der Waals surface area contributed by atoms with Crippen molar-refractivity contribution in [3.05, 3.63) is 29.8 Å². The van der Waals surface area contributed by atoms with Gasteiger partial charge in [0.2, 0.25) is 6.29 Å². The van der Waals surface area contributed by atoms with Crippen LogP contribution in [0.25, 0.3) is 0 Å². The van der Waals surface area contributed by atoms with Crippen molar-refractivity contribution in [1.82, 2.24) is 0 Å². The van der Waals surface area contributed by atoms with Gasteiger partial charge in [0.15, 0.2) is 0 Å². The summed E-state index contributed by atoms with van der Waals surface area (Å²) >= 11 is 0. The van der Waals surface area contributed by atoms with Gasteiger partial charge in [0.05, 0.1) is 6.61 Å². The molecule has 0 radical (unpaired) electrons. The van der Waals surface area contributed by atoms with Crippen LogP contribution in [0, 0.1) is 10.8 Å². The molecule has 0 amide bonds. The van der Waals surface area contributed by atoms with Gasteiger partial charge in [-0.05, 0) is 35.4 Å². The molecular weight excluding hydrogens is 272 g/mol. The molecule has 0 N–H and O–H groups in total. The van der Waals surface area contributed by atoms with Crippen molar-refractivity contribution in [3.63, 3.8) is 0 Å². The van der Waals surface area contributed by atoms with E-state index in [9.17, 15) is 0 Å². The maximum atomic E-state index is 6.12. The predicted octanol–water partition coefficient (Wildman–Crippen LogP) is 6.01. The summed E-state index contributed by atoms with van der Waals surface area (Å²) < 4.78 is 12.2. The fourth-order valence-electron chi connectivity index (χ4n) is 2.02. The van der Waals surface area contributed by atoms with Crippen molar-refractivity contribution in [2.75, 3.05) is 6.61 Å². The van der Waals surface area contributed by atoms with Gasteiger partial charge in [0.1, 0.15) is 5.75 Å². The van der Waals surface area contributed by atoms with Crippen molar-refractivity contribution < 1.29 is 9.47 Å². The third-order valence-electron chi connectivity index (χ3n) is 3.68. The second-order valence-corrected chi connectivity index (χ2v) is 8.57. The second kappa shape index (κ2) is 7.50. The molecular formula is C20H34O2. The van der Waals surface area contributed by atoms with E-state index in [1.54, 1.807) is 0 Å². The zero-order chi connectivity index (χ0) is 17.0. The van der Waals surface area contributed by atoms with E-state index in [2.05, 4.69) is 79.7 Å². The summed E-state index contributed by atoms with van der Waals surface area (Å²) in [4.78, 5) is 0. The Kier molecular flexibility index (Phi) is 6.49. The molecule has 0 aliphatic rings. The Morgan fingerprint density at radius 2 is 1.50 bits per heavy atom. The zero-order valence-corrected chi connectivity index (χ0v) is 15.7. The first kappa shape index (κ1) is 19.0. The van der Waals surface area contributed by atoms with E-state index in [0.717, 1.165) is 12.2 Å². The maximum Gasteiger partial charge on any atom is 0.204 e. The van der Waals surface area contributed by atoms with E-state index in [4.69, 9.17) is 9.47 Å². The van der Waals surface area contributed by atoms with Gasteiger partial charge < -0.3 is 9.47 Å². The highest BCUT2D eigenvalue weighted by Gasteiger charge is 2.29. The topological polar surface area (TPSA) is 18.5 Å². The van der Waals surface area contributed by atoms with E-state index in [-0.39, 0.29) is 17.1 Å². The van der Waals surface area contributed by atoms with Crippen molar-refractivity contribution in [1.29, 1.82) is 0 Å². The van der Waals surface area contributed by atoms with Gasteiger partial charge in [0.25, 0.3) is 0 Å². The van der Waals surface area contributed by atoms with Crippen molar-refractivity contribution >= 4 is 0 Å². The molecule has 0 saturated carbocycles. The molecule has 126 valence electrons. The fourth-order valence-corrected chi connectivity index (χ4v) is 2.02. The quantitative estimate of drug-likeness (QED) is 0.599. The Morgan fingerprint density at radius 3 is 1.91 bits per heavy atom.